The lowest BCUT2D eigenvalue weighted by Gasteiger charge is -2.11. The first-order valence-corrected chi connectivity index (χ1v) is 5.71. The number of carbonyl (C=O) groups is 1. The molecule has 0 heterocycles. The number of benzene rings is 2. The average Bonchev–Trinajstić information content (AvgIpc) is 2.40. The van der Waals surface area contributed by atoms with Crippen molar-refractivity contribution in [1.82, 2.24) is 0 Å². The molecule has 0 spiro atoms. The van der Waals surface area contributed by atoms with Gasteiger partial charge in [-0.25, -0.2) is 0 Å². The van der Waals surface area contributed by atoms with Crippen molar-refractivity contribution in [2.24, 2.45) is 0 Å². The summed E-state index contributed by atoms with van der Waals surface area (Å²) in [4.78, 5) is 10.3. The summed E-state index contributed by atoms with van der Waals surface area (Å²) < 4.78 is 10.6. The minimum absolute atomic E-state index is 0.276. The van der Waals surface area contributed by atoms with Gasteiger partial charge in [0, 0.05) is 0 Å². The molecule has 1 atom stereocenters. The smallest absolute Gasteiger partial charge is 0.293 e. The number of hydrogen-bond acceptors (Lipinski definition) is 3. The summed E-state index contributed by atoms with van der Waals surface area (Å²) in [6.45, 7) is 2.27. The van der Waals surface area contributed by atoms with Gasteiger partial charge in [0.05, 0.1) is 0 Å². The van der Waals surface area contributed by atoms with Crippen LogP contribution in [0.1, 0.15) is 18.6 Å². The van der Waals surface area contributed by atoms with Crippen LogP contribution in [0.5, 0.6) is 11.5 Å². The Morgan fingerprint density at radius 1 is 1.00 bits per heavy atom. The van der Waals surface area contributed by atoms with Gasteiger partial charge >= 0.3 is 0 Å². The third-order valence-corrected chi connectivity index (χ3v) is 2.57. The molecule has 2 rings (SSSR count). The van der Waals surface area contributed by atoms with Crippen molar-refractivity contribution in [3.63, 3.8) is 0 Å². The lowest BCUT2D eigenvalue weighted by molar-refractivity contribution is -0.133. The molecule has 0 amide bonds. The van der Waals surface area contributed by atoms with E-state index in [2.05, 4.69) is 0 Å². The Kier molecular flexibility index (Phi) is 3.97. The van der Waals surface area contributed by atoms with Gasteiger partial charge in [0.15, 0.2) is 0 Å². The second-order valence-electron chi connectivity index (χ2n) is 3.86. The summed E-state index contributed by atoms with van der Waals surface area (Å²) >= 11 is 0. The zero-order chi connectivity index (χ0) is 12.8. The fraction of sp³-hybridized carbons (Fsp3) is 0.133. The largest absolute Gasteiger partial charge is 0.460 e. The standard InChI is InChI=1S/C15H14O3/c1-12(17-11-16)13-6-5-9-15(10-13)18-14-7-3-2-4-8-14/h2-12H,1H3. The van der Waals surface area contributed by atoms with Gasteiger partial charge in [0.1, 0.15) is 17.6 Å². The summed E-state index contributed by atoms with van der Waals surface area (Å²) in [5.41, 5.74) is 0.899. The first-order chi connectivity index (χ1) is 8.79. The molecule has 0 aliphatic rings. The highest BCUT2D eigenvalue weighted by Crippen LogP contribution is 2.25. The molecule has 18 heavy (non-hydrogen) atoms. The molecule has 92 valence electrons. The van der Waals surface area contributed by atoms with Crippen LogP contribution in [-0.4, -0.2) is 6.47 Å². The lowest BCUT2D eigenvalue weighted by atomic mass is 10.1. The van der Waals surface area contributed by atoms with Crippen LogP contribution in [0.3, 0.4) is 0 Å². The Bertz CT molecular complexity index is 508. The Labute approximate surface area is 106 Å². The van der Waals surface area contributed by atoms with E-state index in [0.29, 0.717) is 6.47 Å². The van der Waals surface area contributed by atoms with Crippen molar-refractivity contribution in [3.05, 3.63) is 60.2 Å². The maximum absolute atomic E-state index is 10.3. The molecule has 3 heteroatoms. The predicted octanol–water partition coefficient (Wildman–Crippen LogP) is 3.71. The predicted molar refractivity (Wildman–Crippen MR) is 68.5 cm³/mol. The van der Waals surface area contributed by atoms with Gasteiger partial charge in [-0.15, -0.1) is 0 Å². The fourth-order valence-corrected chi connectivity index (χ4v) is 1.62. The molecule has 0 radical (unpaired) electrons. The number of carbonyl (C=O) groups excluding carboxylic acids is 1. The maximum atomic E-state index is 10.3. The summed E-state index contributed by atoms with van der Waals surface area (Å²) in [6, 6.07) is 17.0. The quantitative estimate of drug-likeness (QED) is 0.750. The third kappa shape index (κ3) is 3.10. The van der Waals surface area contributed by atoms with Crippen molar-refractivity contribution in [2.75, 3.05) is 0 Å². The Morgan fingerprint density at radius 3 is 2.44 bits per heavy atom. The van der Waals surface area contributed by atoms with Crippen LogP contribution < -0.4 is 4.74 Å². The van der Waals surface area contributed by atoms with E-state index >= 15 is 0 Å². The number of rotatable bonds is 5. The molecule has 2 aromatic rings. The van der Waals surface area contributed by atoms with Crippen LogP contribution in [0.15, 0.2) is 54.6 Å². The van der Waals surface area contributed by atoms with Gasteiger partial charge in [-0.3, -0.25) is 4.79 Å². The van der Waals surface area contributed by atoms with Gasteiger partial charge in [0.2, 0.25) is 0 Å². The molecule has 0 bridgehead atoms. The van der Waals surface area contributed by atoms with E-state index in [1.54, 1.807) is 0 Å². The van der Waals surface area contributed by atoms with Crippen LogP contribution in [0.25, 0.3) is 0 Å². The molecular formula is C15H14O3. The van der Waals surface area contributed by atoms with Gasteiger partial charge in [-0.05, 0) is 36.8 Å². The van der Waals surface area contributed by atoms with Crippen molar-refractivity contribution >= 4 is 6.47 Å². The van der Waals surface area contributed by atoms with Crippen molar-refractivity contribution in [1.29, 1.82) is 0 Å². The molecule has 0 saturated carbocycles. The molecule has 2 aromatic carbocycles. The Morgan fingerprint density at radius 2 is 1.72 bits per heavy atom. The molecule has 0 saturated heterocycles. The summed E-state index contributed by atoms with van der Waals surface area (Å²) in [5, 5.41) is 0. The topological polar surface area (TPSA) is 35.5 Å². The molecular weight excluding hydrogens is 228 g/mol. The molecule has 0 N–H and O–H groups in total. The van der Waals surface area contributed by atoms with Crippen LogP contribution >= 0.6 is 0 Å². The number of hydrogen-bond donors (Lipinski definition) is 0. The van der Waals surface area contributed by atoms with E-state index in [9.17, 15) is 4.79 Å². The Balaban J connectivity index is 2.15. The van der Waals surface area contributed by atoms with Crippen molar-refractivity contribution < 1.29 is 14.3 Å². The van der Waals surface area contributed by atoms with Gasteiger partial charge in [-0.2, -0.15) is 0 Å². The summed E-state index contributed by atoms with van der Waals surface area (Å²) in [7, 11) is 0. The minimum Gasteiger partial charge on any atom is -0.460 e. The van der Waals surface area contributed by atoms with E-state index in [4.69, 9.17) is 9.47 Å². The molecule has 0 fully saturated rings. The third-order valence-electron chi connectivity index (χ3n) is 2.57. The maximum Gasteiger partial charge on any atom is 0.293 e. The molecule has 0 aliphatic carbocycles. The van der Waals surface area contributed by atoms with Crippen LogP contribution in [-0.2, 0) is 9.53 Å². The monoisotopic (exact) mass is 242 g/mol. The molecule has 3 nitrogen and oxygen atoms in total. The fourth-order valence-electron chi connectivity index (χ4n) is 1.62. The van der Waals surface area contributed by atoms with Gasteiger partial charge in [0.25, 0.3) is 6.47 Å². The molecule has 0 aliphatic heterocycles. The number of ether oxygens (including phenoxy) is 2. The van der Waals surface area contributed by atoms with E-state index in [0.717, 1.165) is 17.1 Å². The summed E-state index contributed by atoms with van der Waals surface area (Å²) in [6.07, 6.45) is -0.276. The minimum atomic E-state index is -0.276. The number of para-hydroxylation sites is 1. The van der Waals surface area contributed by atoms with Crippen molar-refractivity contribution in [2.45, 2.75) is 13.0 Å². The van der Waals surface area contributed by atoms with Crippen LogP contribution in [0, 0.1) is 0 Å². The SMILES string of the molecule is CC(OC=O)c1cccc(Oc2ccccc2)c1. The average molecular weight is 242 g/mol. The summed E-state index contributed by atoms with van der Waals surface area (Å²) in [5.74, 6) is 1.50. The second-order valence-corrected chi connectivity index (χ2v) is 3.86. The highest BCUT2D eigenvalue weighted by molar-refractivity contribution is 5.40. The van der Waals surface area contributed by atoms with E-state index in [1.165, 1.54) is 0 Å². The molecule has 1 unspecified atom stereocenters. The van der Waals surface area contributed by atoms with Crippen molar-refractivity contribution in [3.8, 4) is 11.5 Å². The zero-order valence-electron chi connectivity index (χ0n) is 10.1. The van der Waals surface area contributed by atoms with Crippen LogP contribution in [0.4, 0.5) is 0 Å². The van der Waals surface area contributed by atoms with E-state index in [-0.39, 0.29) is 6.10 Å². The molecule has 0 aromatic heterocycles. The first-order valence-electron chi connectivity index (χ1n) is 5.71. The van der Waals surface area contributed by atoms with Crippen LogP contribution in [0.2, 0.25) is 0 Å². The normalized spacial score (nSPS) is 11.6. The highest BCUT2D eigenvalue weighted by atomic mass is 16.5. The highest BCUT2D eigenvalue weighted by Gasteiger charge is 2.06. The van der Waals surface area contributed by atoms with Gasteiger partial charge < -0.3 is 9.47 Å². The Hall–Kier alpha value is -2.29. The first kappa shape index (κ1) is 12.2. The van der Waals surface area contributed by atoms with E-state index < -0.39 is 0 Å². The lowest BCUT2D eigenvalue weighted by Crippen LogP contribution is -1.98. The van der Waals surface area contributed by atoms with Gasteiger partial charge in [-0.1, -0.05) is 30.3 Å². The second kappa shape index (κ2) is 5.87. The van der Waals surface area contributed by atoms with E-state index in [1.807, 2.05) is 61.5 Å². The zero-order valence-corrected chi connectivity index (χ0v) is 10.1.